The predicted molar refractivity (Wildman–Crippen MR) is 66.1 cm³/mol. The molecule has 0 aliphatic carbocycles. The molecule has 1 aromatic carbocycles. The van der Waals surface area contributed by atoms with Crippen LogP contribution in [0.25, 0.3) is 11.1 Å². The molecule has 0 fully saturated rings. The predicted octanol–water partition coefficient (Wildman–Crippen LogP) is 2.31. The van der Waals surface area contributed by atoms with Crippen LogP contribution >= 0.6 is 0 Å². The highest BCUT2D eigenvalue weighted by atomic mass is 15.1. The van der Waals surface area contributed by atoms with Gasteiger partial charge in [-0.1, -0.05) is 38.1 Å². The summed E-state index contributed by atoms with van der Waals surface area (Å²) in [5.41, 5.74) is 9.34. The van der Waals surface area contributed by atoms with Crippen molar-refractivity contribution in [1.82, 2.24) is 10.2 Å². The van der Waals surface area contributed by atoms with E-state index < -0.39 is 0 Å². The minimum atomic E-state index is 0.0366. The number of rotatable bonds is 3. The number of nitrogens with two attached hydrogens (primary N) is 1. The molecule has 0 atom stereocenters. The van der Waals surface area contributed by atoms with Gasteiger partial charge in [0.1, 0.15) is 0 Å². The summed E-state index contributed by atoms with van der Waals surface area (Å²) in [5.74, 6) is 0. The molecule has 1 aromatic heterocycles. The van der Waals surface area contributed by atoms with E-state index in [-0.39, 0.29) is 5.41 Å². The molecule has 0 saturated heterocycles. The van der Waals surface area contributed by atoms with E-state index in [2.05, 4.69) is 48.3 Å². The normalized spacial score (nSPS) is 11.7. The lowest BCUT2D eigenvalue weighted by molar-refractivity contribution is 0.539. The van der Waals surface area contributed by atoms with E-state index in [9.17, 15) is 0 Å². The minimum absolute atomic E-state index is 0.0366. The molecule has 16 heavy (non-hydrogen) atoms. The second-order valence-electron chi connectivity index (χ2n) is 4.65. The summed E-state index contributed by atoms with van der Waals surface area (Å²) in [6.07, 6.45) is 3.71. The van der Waals surface area contributed by atoms with Gasteiger partial charge in [-0.05, 0) is 11.1 Å². The fourth-order valence-electron chi connectivity index (χ4n) is 1.64. The first-order valence-corrected chi connectivity index (χ1v) is 5.43. The molecular weight excluding hydrogens is 198 g/mol. The standard InChI is InChI=1S/C13H17N3/c1-13(2,9-14)12-5-3-10(4-6-12)11-7-15-16-8-11/h3-8H,9,14H2,1-2H3,(H,15,16). The molecule has 0 aliphatic heterocycles. The second-order valence-corrected chi connectivity index (χ2v) is 4.65. The Bertz CT molecular complexity index is 441. The highest BCUT2D eigenvalue weighted by Gasteiger charge is 2.17. The average molecular weight is 215 g/mol. The van der Waals surface area contributed by atoms with Crippen LogP contribution in [0.15, 0.2) is 36.7 Å². The molecule has 3 heteroatoms. The third-order valence-electron chi connectivity index (χ3n) is 3.01. The average Bonchev–Trinajstić information content (AvgIpc) is 2.83. The second kappa shape index (κ2) is 4.10. The van der Waals surface area contributed by atoms with Crippen molar-refractivity contribution in [1.29, 1.82) is 0 Å². The third-order valence-corrected chi connectivity index (χ3v) is 3.01. The maximum Gasteiger partial charge on any atom is 0.0565 e. The van der Waals surface area contributed by atoms with Crippen molar-refractivity contribution in [3.05, 3.63) is 42.2 Å². The number of H-pyrrole nitrogens is 1. The Morgan fingerprint density at radius 2 is 1.88 bits per heavy atom. The lowest BCUT2D eigenvalue weighted by atomic mass is 9.84. The van der Waals surface area contributed by atoms with E-state index in [0.717, 1.165) is 5.56 Å². The monoisotopic (exact) mass is 215 g/mol. The van der Waals surface area contributed by atoms with Crippen molar-refractivity contribution in [2.24, 2.45) is 5.73 Å². The van der Waals surface area contributed by atoms with Crippen LogP contribution in [0.2, 0.25) is 0 Å². The van der Waals surface area contributed by atoms with Crippen LogP contribution in [0.5, 0.6) is 0 Å². The van der Waals surface area contributed by atoms with E-state index in [0.29, 0.717) is 6.54 Å². The zero-order chi connectivity index (χ0) is 11.6. The van der Waals surface area contributed by atoms with Crippen LogP contribution in [0.4, 0.5) is 0 Å². The van der Waals surface area contributed by atoms with Crippen LogP contribution in [0.3, 0.4) is 0 Å². The SMILES string of the molecule is CC(C)(CN)c1ccc(-c2cn[nH]c2)cc1. The molecule has 0 bridgehead atoms. The Morgan fingerprint density at radius 3 is 2.38 bits per heavy atom. The first-order chi connectivity index (χ1) is 7.63. The summed E-state index contributed by atoms with van der Waals surface area (Å²) in [5, 5.41) is 6.76. The van der Waals surface area contributed by atoms with Crippen LogP contribution in [-0.2, 0) is 5.41 Å². The van der Waals surface area contributed by atoms with Gasteiger partial charge >= 0.3 is 0 Å². The summed E-state index contributed by atoms with van der Waals surface area (Å²) in [4.78, 5) is 0. The van der Waals surface area contributed by atoms with Crippen LogP contribution in [0.1, 0.15) is 19.4 Å². The van der Waals surface area contributed by atoms with Gasteiger partial charge < -0.3 is 5.73 Å². The largest absolute Gasteiger partial charge is 0.330 e. The van der Waals surface area contributed by atoms with Crippen molar-refractivity contribution in [3.8, 4) is 11.1 Å². The highest BCUT2D eigenvalue weighted by Crippen LogP contribution is 2.25. The van der Waals surface area contributed by atoms with Crippen LogP contribution < -0.4 is 5.73 Å². The van der Waals surface area contributed by atoms with E-state index in [1.165, 1.54) is 11.1 Å². The first-order valence-electron chi connectivity index (χ1n) is 5.43. The summed E-state index contributed by atoms with van der Waals surface area (Å²) in [6, 6.07) is 8.49. The number of nitrogens with zero attached hydrogens (tertiary/aromatic N) is 1. The van der Waals surface area contributed by atoms with Crippen molar-refractivity contribution >= 4 is 0 Å². The van der Waals surface area contributed by atoms with Gasteiger partial charge in [-0.3, -0.25) is 5.10 Å². The van der Waals surface area contributed by atoms with E-state index >= 15 is 0 Å². The molecule has 0 aliphatic rings. The molecule has 0 radical (unpaired) electrons. The molecule has 2 rings (SSSR count). The minimum Gasteiger partial charge on any atom is -0.330 e. The summed E-state index contributed by atoms with van der Waals surface area (Å²) in [7, 11) is 0. The Balaban J connectivity index is 2.30. The van der Waals surface area contributed by atoms with Gasteiger partial charge in [0.2, 0.25) is 0 Å². The maximum absolute atomic E-state index is 5.76. The number of aromatic nitrogens is 2. The molecule has 0 spiro atoms. The Labute approximate surface area is 95.7 Å². The van der Waals surface area contributed by atoms with Gasteiger partial charge in [0.15, 0.2) is 0 Å². The van der Waals surface area contributed by atoms with Gasteiger partial charge in [0.25, 0.3) is 0 Å². The third kappa shape index (κ3) is 1.99. The Hall–Kier alpha value is -1.61. The number of hydrogen-bond donors (Lipinski definition) is 2. The fourth-order valence-corrected chi connectivity index (χ4v) is 1.64. The van der Waals surface area contributed by atoms with Crippen molar-refractivity contribution in [3.63, 3.8) is 0 Å². The lowest BCUT2D eigenvalue weighted by Gasteiger charge is -2.23. The van der Waals surface area contributed by atoms with E-state index in [1.807, 2.05) is 12.4 Å². The van der Waals surface area contributed by atoms with Gasteiger partial charge in [0.05, 0.1) is 6.20 Å². The lowest BCUT2D eigenvalue weighted by Crippen LogP contribution is -2.27. The van der Waals surface area contributed by atoms with Crippen molar-refractivity contribution in [2.45, 2.75) is 19.3 Å². The zero-order valence-electron chi connectivity index (χ0n) is 9.70. The van der Waals surface area contributed by atoms with Crippen molar-refractivity contribution in [2.75, 3.05) is 6.54 Å². The Morgan fingerprint density at radius 1 is 1.19 bits per heavy atom. The topological polar surface area (TPSA) is 54.7 Å². The van der Waals surface area contributed by atoms with Crippen molar-refractivity contribution < 1.29 is 0 Å². The zero-order valence-corrected chi connectivity index (χ0v) is 9.70. The van der Waals surface area contributed by atoms with Gasteiger partial charge in [-0.25, -0.2) is 0 Å². The summed E-state index contributed by atoms with van der Waals surface area (Å²) < 4.78 is 0. The van der Waals surface area contributed by atoms with Crippen LogP contribution in [0, 0.1) is 0 Å². The molecular formula is C13H17N3. The maximum atomic E-state index is 5.76. The number of benzene rings is 1. The molecule has 84 valence electrons. The number of nitrogens with one attached hydrogen (secondary N) is 1. The van der Waals surface area contributed by atoms with Crippen LogP contribution in [-0.4, -0.2) is 16.7 Å². The summed E-state index contributed by atoms with van der Waals surface area (Å²) >= 11 is 0. The van der Waals surface area contributed by atoms with E-state index in [4.69, 9.17) is 5.73 Å². The van der Waals surface area contributed by atoms with E-state index in [1.54, 1.807) is 0 Å². The molecule has 0 saturated carbocycles. The van der Waals surface area contributed by atoms with Gasteiger partial charge in [0, 0.05) is 23.7 Å². The number of hydrogen-bond acceptors (Lipinski definition) is 2. The van der Waals surface area contributed by atoms with Gasteiger partial charge in [-0.2, -0.15) is 5.10 Å². The molecule has 3 N–H and O–H groups in total. The summed E-state index contributed by atoms with van der Waals surface area (Å²) in [6.45, 7) is 4.96. The Kier molecular flexibility index (Phi) is 2.79. The quantitative estimate of drug-likeness (QED) is 0.825. The van der Waals surface area contributed by atoms with Gasteiger partial charge in [-0.15, -0.1) is 0 Å². The highest BCUT2D eigenvalue weighted by molar-refractivity contribution is 5.62. The molecule has 0 unspecified atom stereocenters. The first kappa shape index (κ1) is 10.9. The molecule has 0 amide bonds. The fraction of sp³-hybridized carbons (Fsp3) is 0.308. The number of aromatic amines is 1. The molecule has 3 nitrogen and oxygen atoms in total. The molecule has 2 aromatic rings. The smallest absolute Gasteiger partial charge is 0.0565 e. The molecule has 1 heterocycles.